The third-order valence-electron chi connectivity index (χ3n) is 1.01. The van der Waals surface area contributed by atoms with Gasteiger partial charge >= 0.3 is 51.4 Å². The molecule has 0 radical (unpaired) electrons. The smallest absolute Gasteiger partial charge is 0.687 e. The summed E-state index contributed by atoms with van der Waals surface area (Å²) in [5, 5.41) is 3.97. The van der Waals surface area contributed by atoms with Crippen LogP contribution in [0.2, 0.25) is 0 Å². The molecular formula is C7H8KN. The topological polar surface area (TPSA) is 14.1 Å². The van der Waals surface area contributed by atoms with Gasteiger partial charge in [-0.3, -0.25) is 0 Å². The summed E-state index contributed by atoms with van der Waals surface area (Å²) in [6, 6.07) is 9.87. The average molecular weight is 145 g/mol. The standard InChI is InChI=1S/C7H8N.K/c1-8-7-5-3-2-4-6-7;/h2-6H,1H3;/q-1;+1. The van der Waals surface area contributed by atoms with Gasteiger partial charge < -0.3 is 5.32 Å². The molecule has 0 amide bonds. The van der Waals surface area contributed by atoms with Gasteiger partial charge in [0.25, 0.3) is 0 Å². The van der Waals surface area contributed by atoms with Crippen LogP contribution in [0.1, 0.15) is 0 Å². The second kappa shape index (κ2) is 5.44. The summed E-state index contributed by atoms with van der Waals surface area (Å²) < 4.78 is 0. The number of nitrogens with zero attached hydrogens (tertiary/aromatic N) is 1. The van der Waals surface area contributed by atoms with E-state index < -0.39 is 0 Å². The van der Waals surface area contributed by atoms with Gasteiger partial charge in [-0.05, 0) is 0 Å². The maximum atomic E-state index is 3.97. The molecule has 0 heterocycles. The van der Waals surface area contributed by atoms with Crippen LogP contribution in [-0.4, -0.2) is 7.05 Å². The van der Waals surface area contributed by atoms with Gasteiger partial charge in [0.15, 0.2) is 0 Å². The Kier molecular flexibility index (Phi) is 5.84. The van der Waals surface area contributed by atoms with E-state index in [1.165, 1.54) is 0 Å². The van der Waals surface area contributed by atoms with Crippen LogP contribution in [0.4, 0.5) is 5.69 Å². The summed E-state index contributed by atoms with van der Waals surface area (Å²) in [6.07, 6.45) is 0. The largest absolute Gasteiger partial charge is 1.00 e. The summed E-state index contributed by atoms with van der Waals surface area (Å²) in [7, 11) is 1.79. The van der Waals surface area contributed by atoms with Gasteiger partial charge in [-0.2, -0.15) is 0 Å². The van der Waals surface area contributed by atoms with Gasteiger partial charge in [0, 0.05) is 0 Å². The Bertz CT molecular complexity index is 150. The van der Waals surface area contributed by atoms with Gasteiger partial charge in [0.1, 0.15) is 0 Å². The summed E-state index contributed by atoms with van der Waals surface area (Å²) in [5.41, 5.74) is 1.03. The normalized spacial score (nSPS) is 7.67. The van der Waals surface area contributed by atoms with Crippen LogP contribution in [0.3, 0.4) is 0 Å². The van der Waals surface area contributed by atoms with Crippen LogP contribution < -0.4 is 51.4 Å². The molecule has 2 heteroatoms. The molecule has 0 saturated heterocycles. The Morgan fingerprint density at radius 2 is 1.67 bits per heavy atom. The van der Waals surface area contributed by atoms with E-state index >= 15 is 0 Å². The minimum Gasteiger partial charge on any atom is -0.687 e. The Balaban J connectivity index is 0.000000640. The van der Waals surface area contributed by atoms with Crippen molar-refractivity contribution in [1.29, 1.82) is 0 Å². The first-order chi connectivity index (χ1) is 3.93. The molecule has 1 aromatic rings. The van der Waals surface area contributed by atoms with Crippen LogP contribution in [0.15, 0.2) is 30.3 Å². The predicted octanol–water partition coefficient (Wildman–Crippen LogP) is -0.674. The van der Waals surface area contributed by atoms with E-state index in [9.17, 15) is 0 Å². The number of benzene rings is 1. The van der Waals surface area contributed by atoms with Crippen molar-refractivity contribution in [3.8, 4) is 0 Å². The zero-order valence-electron chi connectivity index (χ0n) is 5.83. The number of rotatable bonds is 1. The Hall–Kier alpha value is 0.656. The maximum absolute atomic E-state index is 3.97. The SMILES string of the molecule is C[N-]c1ccccc1.[K+]. The Morgan fingerprint density at radius 1 is 1.11 bits per heavy atom. The third-order valence-corrected chi connectivity index (χ3v) is 1.01. The Morgan fingerprint density at radius 3 is 2.00 bits per heavy atom. The molecule has 0 aliphatic carbocycles. The van der Waals surface area contributed by atoms with Crippen LogP contribution >= 0.6 is 0 Å². The molecule has 0 atom stereocenters. The molecule has 0 N–H and O–H groups in total. The van der Waals surface area contributed by atoms with Crippen molar-refractivity contribution < 1.29 is 51.4 Å². The van der Waals surface area contributed by atoms with Crippen molar-refractivity contribution >= 4 is 5.69 Å². The summed E-state index contributed by atoms with van der Waals surface area (Å²) >= 11 is 0. The number of hydrogen-bond acceptors (Lipinski definition) is 0. The average Bonchev–Trinajstić information content (AvgIpc) is 1.90. The number of para-hydroxylation sites is 1. The molecule has 0 aliphatic rings. The fourth-order valence-electron chi connectivity index (χ4n) is 0.577. The second-order valence-corrected chi connectivity index (χ2v) is 1.56. The number of hydrogen-bond donors (Lipinski definition) is 0. The zero-order chi connectivity index (χ0) is 5.82. The van der Waals surface area contributed by atoms with Crippen molar-refractivity contribution in [3.05, 3.63) is 35.6 Å². The molecular weight excluding hydrogens is 137 g/mol. The summed E-state index contributed by atoms with van der Waals surface area (Å²) in [4.78, 5) is 0. The van der Waals surface area contributed by atoms with Crippen LogP contribution in [0.5, 0.6) is 0 Å². The molecule has 0 aliphatic heterocycles. The predicted molar refractivity (Wildman–Crippen MR) is 35.4 cm³/mol. The van der Waals surface area contributed by atoms with Crippen LogP contribution in [-0.2, 0) is 0 Å². The molecule has 1 rings (SSSR count). The van der Waals surface area contributed by atoms with E-state index in [1.807, 2.05) is 30.3 Å². The monoisotopic (exact) mass is 145 g/mol. The minimum absolute atomic E-state index is 0. The second-order valence-electron chi connectivity index (χ2n) is 1.56. The van der Waals surface area contributed by atoms with Gasteiger partial charge in [-0.15, -0.1) is 12.7 Å². The van der Waals surface area contributed by atoms with E-state index in [4.69, 9.17) is 0 Å². The Labute approximate surface area is 98.3 Å². The molecule has 1 nitrogen and oxygen atoms in total. The van der Waals surface area contributed by atoms with E-state index in [1.54, 1.807) is 7.05 Å². The quantitative estimate of drug-likeness (QED) is 0.465. The molecule has 0 spiro atoms. The van der Waals surface area contributed by atoms with Gasteiger partial charge in [-0.1, -0.05) is 30.3 Å². The molecule has 42 valence electrons. The van der Waals surface area contributed by atoms with E-state index in [-0.39, 0.29) is 51.4 Å². The van der Waals surface area contributed by atoms with Crippen LogP contribution in [0, 0.1) is 0 Å². The summed E-state index contributed by atoms with van der Waals surface area (Å²) in [6.45, 7) is 0. The van der Waals surface area contributed by atoms with Crippen molar-refractivity contribution in [2.24, 2.45) is 0 Å². The maximum Gasteiger partial charge on any atom is 1.00 e. The molecule has 0 unspecified atom stereocenters. The van der Waals surface area contributed by atoms with E-state index in [2.05, 4.69) is 5.32 Å². The fraction of sp³-hybridized carbons (Fsp3) is 0.143. The first-order valence-corrected chi connectivity index (χ1v) is 2.58. The van der Waals surface area contributed by atoms with Gasteiger partial charge in [0.05, 0.1) is 0 Å². The van der Waals surface area contributed by atoms with Crippen molar-refractivity contribution in [2.75, 3.05) is 7.05 Å². The molecule has 1 aromatic carbocycles. The first kappa shape index (κ1) is 9.66. The van der Waals surface area contributed by atoms with Crippen molar-refractivity contribution in [1.82, 2.24) is 0 Å². The first-order valence-electron chi connectivity index (χ1n) is 2.58. The van der Waals surface area contributed by atoms with Crippen molar-refractivity contribution in [3.63, 3.8) is 0 Å². The molecule has 0 fully saturated rings. The van der Waals surface area contributed by atoms with Gasteiger partial charge in [0.2, 0.25) is 0 Å². The zero-order valence-corrected chi connectivity index (χ0v) is 8.96. The van der Waals surface area contributed by atoms with Crippen LogP contribution in [0.25, 0.3) is 5.32 Å². The third kappa shape index (κ3) is 3.38. The molecule has 0 bridgehead atoms. The van der Waals surface area contributed by atoms with E-state index in [0.29, 0.717) is 0 Å². The van der Waals surface area contributed by atoms with Crippen molar-refractivity contribution in [2.45, 2.75) is 0 Å². The molecule has 0 saturated carbocycles. The van der Waals surface area contributed by atoms with E-state index in [0.717, 1.165) is 5.69 Å². The summed E-state index contributed by atoms with van der Waals surface area (Å²) in [5.74, 6) is 0. The minimum atomic E-state index is 0. The molecule has 9 heavy (non-hydrogen) atoms. The van der Waals surface area contributed by atoms with Gasteiger partial charge in [-0.25, -0.2) is 0 Å². The molecule has 0 aromatic heterocycles. The fourth-order valence-corrected chi connectivity index (χ4v) is 0.577.